The predicted molar refractivity (Wildman–Crippen MR) is 83.1 cm³/mol. The largest absolute Gasteiger partial charge is 0.398 e. The molecule has 0 saturated carbocycles. The summed E-state index contributed by atoms with van der Waals surface area (Å²) >= 11 is 3.21. The molecular formula is C13H14BrN3O2S. The molecule has 0 spiro atoms. The van der Waals surface area contributed by atoms with Crippen LogP contribution in [0.1, 0.15) is 11.1 Å². The van der Waals surface area contributed by atoms with E-state index in [1.54, 1.807) is 19.1 Å². The Morgan fingerprint density at radius 2 is 1.95 bits per heavy atom. The molecule has 2 aromatic rings. The van der Waals surface area contributed by atoms with Gasteiger partial charge in [-0.2, -0.15) is 0 Å². The van der Waals surface area contributed by atoms with E-state index >= 15 is 0 Å². The maximum atomic E-state index is 12.4. The van der Waals surface area contributed by atoms with Gasteiger partial charge in [0.25, 0.3) is 10.0 Å². The Kier molecular flexibility index (Phi) is 4.01. The van der Waals surface area contributed by atoms with Gasteiger partial charge in [-0.05, 0) is 53.0 Å². The van der Waals surface area contributed by atoms with Crippen LogP contribution in [0, 0.1) is 13.8 Å². The molecule has 0 aliphatic heterocycles. The van der Waals surface area contributed by atoms with Gasteiger partial charge in [-0.15, -0.1) is 0 Å². The topological polar surface area (TPSA) is 85.1 Å². The summed E-state index contributed by atoms with van der Waals surface area (Å²) in [5.41, 5.74) is 8.38. The molecule has 2 rings (SSSR count). The number of sulfonamides is 1. The predicted octanol–water partition coefficient (Wildman–Crippen LogP) is 2.84. The van der Waals surface area contributed by atoms with E-state index in [0.717, 1.165) is 5.56 Å². The fourth-order valence-corrected chi connectivity index (χ4v) is 3.45. The van der Waals surface area contributed by atoms with E-state index in [4.69, 9.17) is 5.73 Å². The van der Waals surface area contributed by atoms with Gasteiger partial charge in [0.1, 0.15) is 4.90 Å². The Morgan fingerprint density at radius 1 is 1.25 bits per heavy atom. The van der Waals surface area contributed by atoms with Crippen molar-refractivity contribution in [2.24, 2.45) is 0 Å². The summed E-state index contributed by atoms with van der Waals surface area (Å²) in [6.07, 6.45) is 2.82. The van der Waals surface area contributed by atoms with Crippen LogP contribution in [0.4, 0.5) is 11.4 Å². The van der Waals surface area contributed by atoms with Gasteiger partial charge in [0.15, 0.2) is 0 Å². The molecule has 0 fully saturated rings. The molecule has 0 saturated heterocycles. The molecule has 0 unspecified atom stereocenters. The third-order valence-electron chi connectivity index (χ3n) is 2.94. The molecule has 1 aromatic heterocycles. The van der Waals surface area contributed by atoms with Gasteiger partial charge in [0.05, 0.1) is 5.69 Å². The average Bonchev–Trinajstić information content (AvgIpc) is 2.39. The highest BCUT2D eigenvalue weighted by Gasteiger charge is 2.18. The summed E-state index contributed by atoms with van der Waals surface area (Å²) in [5.74, 6) is 0. The first-order valence-electron chi connectivity index (χ1n) is 5.80. The first-order valence-corrected chi connectivity index (χ1v) is 8.08. The van der Waals surface area contributed by atoms with E-state index < -0.39 is 10.0 Å². The number of rotatable bonds is 3. The number of nitrogen functional groups attached to an aromatic ring is 1. The molecular weight excluding hydrogens is 342 g/mol. The van der Waals surface area contributed by atoms with Crippen LogP contribution < -0.4 is 10.5 Å². The van der Waals surface area contributed by atoms with Crippen molar-refractivity contribution in [2.45, 2.75) is 18.7 Å². The Labute approximate surface area is 126 Å². The summed E-state index contributed by atoms with van der Waals surface area (Å²) in [5, 5.41) is 0. The van der Waals surface area contributed by atoms with Crippen molar-refractivity contribution in [3.8, 4) is 0 Å². The van der Waals surface area contributed by atoms with E-state index in [1.807, 2.05) is 6.92 Å². The van der Waals surface area contributed by atoms with Crippen LogP contribution >= 0.6 is 15.9 Å². The lowest BCUT2D eigenvalue weighted by molar-refractivity contribution is 0.600. The molecule has 5 nitrogen and oxygen atoms in total. The van der Waals surface area contributed by atoms with Crippen molar-refractivity contribution < 1.29 is 8.42 Å². The fraction of sp³-hybridized carbons (Fsp3) is 0.154. The third-order valence-corrected chi connectivity index (χ3v) is 4.69. The number of aryl methyl sites for hydroxylation is 1. The smallest absolute Gasteiger partial charge is 0.263 e. The zero-order chi connectivity index (χ0) is 14.9. The monoisotopic (exact) mass is 355 g/mol. The van der Waals surface area contributed by atoms with Crippen LogP contribution in [0.3, 0.4) is 0 Å². The number of anilines is 2. The van der Waals surface area contributed by atoms with Gasteiger partial charge < -0.3 is 5.73 Å². The first kappa shape index (κ1) is 14.8. The Hall–Kier alpha value is -1.60. The zero-order valence-corrected chi connectivity index (χ0v) is 13.4. The molecule has 0 amide bonds. The normalized spacial score (nSPS) is 11.3. The second-order valence-corrected chi connectivity index (χ2v) is 7.01. The zero-order valence-electron chi connectivity index (χ0n) is 11.0. The Balaban J connectivity index is 2.47. The highest BCUT2D eigenvalue weighted by Crippen LogP contribution is 2.27. The van der Waals surface area contributed by atoms with Gasteiger partial charge in [0.2, 0.25) is 0 Å². The summed E-state index contributed by atoms with van der Waals surface area (Å²) in [4.78, 5) is 3.95. The van der Waals surface area contributed by atoms with Crippen LogP contribution in [0.25, 0.3) is 0 Å². The van der Waals surface area contributed by atoms with Gasteiger partial charge in [-0.3, -0.25) is 9.71 Å². The molecule has 106 valence electrons. The minimum absolute atomic E-state index is 0.0908. The Morgan fingerprint density at radius 3 is 2.60 bits per heavy atom. The Bertz CT molecular complexity index is 760. The van der Waals surface area contributed by atoms with E-state index in [1.165, 1.54) is 18.5 Å². The average molecular weight is 356 g/mol. The maximum absolute atomic E-state index is 12.4. The molecule has 1 aromatic carbocycles. The molecule has 0 radical (unpaired) electrons. The minimum atomic E-state index is -3.70. The summed E-state index contributed by atoms with van der Waals surface area (Å²) in [6, 6.07) is 5.02. The van der Waals surface area contributed by atoms with Gasteiger partial charge >= 0.3 is 0 Å². The number of pyridine rings is 1. The maximum Gasteiger partial charge on any atom is 0.263 e. The van der Waals surface area contributed by atoms with E-state index in [2.05, 4.69) is 25.6 Å². The van der Waals surface area contributed by atoms with Crippen molar-refractivity contribution in [2.75, 3.05) is 10.5 Å². The molecule has 3 N–H and O–H groups in total. The van der Waals surface area contributed by atoms with Crippen LogP contribution in [-0.2, 0) is 10.0 Å². The van der Waals surface area contributed by atoms with Gasteiger partial charge in [-0.25, -0.2) is 8.42 Å². The summed E-state index contributed by atoms with van der Waals surface area (Å²) < 4.78 is 27.9. The lowest BCUT2D eigenvalue weighted by atomic mass is 10.1. The number of hydrogen-bond donors (Lipinski definition) is 2. The number of nitrogens with one attached hydrogen (secondary N) is 1. The highest BCUT2D eigenvalue weighted by atomic mass is 79.9. The van der Waals surface area contributed by atoms with Crippen molar-refractivity contribution in [1.82, 2.24) is 4.98 Å². The van der Waals surface area contributed by atoms with Crippen molar-refractivity contribution >= 4 is 37.3 Å². The number of halogens is 1. The number of aromatic nitrogens is 1. The van der Waals surface area contributed by atoms with E-state index in [-0.39, 0.29) is 4.90 Å². The highest BCUT2D eigenvalue weighted by molar-refractivity contribution is 9.10. The van der Waals surface area contributed by atoms with Crippen LogP contribution in [0.2, 0.25) is 0 Å². The summed E-state index contributed by atoms with van der Waals surface area (Å²) in [7, 11) is -3.70. The third kappa shape index (κ3) is 2.94. The lowest BCUT2D eigenvalue weighted by Crippen LogP contribution is -2.15. The molecule has 1 heterocycles. The SMILES string of the molecule is Cc1ccc(N)c(C)c1NS(=O)(=O)c1cncc(Br)c1. The minimum Gasteiger partial charge on any atom is -0.398 e. The molecule has 0 aliphatic carbocycles. The number of nitrogens with zero attached hydrogens (tertiary/aromatic N) is 1. The summed E-state index contributed by atoms with van der Waals surface area (Å²) in [6.45, 7) is 3.60. The van der Waals surface area contributed by atoms with E-state index in [0.29, 0.717) is 21.4 Å². The number of nitrogens with two attached hydrogens (primary N) is 1. The lowest BCUT2D eigenvalue weighted by Gasteiger charge is -2.14. The first-order chi connectivity index (χ1) is 9.31. The van der Waals surface area contributed by atoms with Gasteiger partial charge in [-0.1, -0.05) is 6.07 Å². The second-order valence-electron chi connectivity index (χ2n) is 4.42. The van der Waals surface area contributed by atoms with Crippen molar-refractivity contribution in [3.63, 3.8) is 0 Å². The molecule has 20 heavy (non-hydrogen) atoms. The van der Waals surface area contributed by atoms with Crippen LogP contribution in [0.5, 0.6) is 0 Å². The standard InChI is InChI=1S/C13H14BrN3O2S/c1-8-3-4-12(15)9(2)13(8)17-20(18,19)11-5-10(14)6-16-7-11/h3-7,17H,15H2,1-2H3. The quantitative estimate of drug-likeness (QED) is 0.829. The molecule has 0 aliphatic rings. The molecule has 7 heteroatoms. The van der Waals surface area contributed by atoms with Crippen molar-refractivity contribution in [3.05, 3.63) is 46.2 Å². The van der Waals surface area contributed by atoms with Gasteiger partial charge in [0, 0.05) is 22.6 Å². The van der Waals surface area contributed by atoms with E-state index in [9.17, 15) is 8.42 Å². The molecule has 0 bridgehead atoms. The van der Waals surface area contributed by atoms with Crippen LogP contribution in [-0.4, -0.2) is 13.4 Å². The number of hydrogen-bond acceptors (Lipinski definition) is 4. The second kappa shape index (κ2) is 5.41. The molecule has 0 atom stereocenters. The van der Waals surface area contributed by atoms with Crippen molar-refractivity contribution in [1.29, 1.82) is 0 Å². The fourth-order valence-electron chi connectivity index (χ4n) is 1.75. The van der Waals surface area contributed by atoms with Crippen LogP contribution in [0.15, 0.2) is 40.0 Å². The number of benzene rings is 1.